The minimum absolute atomic E-state index is 0.0480. The lowest BCUT2D eigenvalue weighted by Crippen LogP contribution is -2.29. The van der Waals surface area contributed by atoms with Gasteiger partial charge in [-0.15, -0.1) is 0 Å². The first-order valence-electron chi connectivity index (χ1n) is 32.0. The molecule has 10 heteroatoms. The van der Waals surface area contributed by atoms with E-state index in [9.17, 15) is 19.0 Å². The second kappa shape index (κ2) is 63.6. The highest BCUT2D eigenvalue weighted by molar-refractivity contribution is 7.47. The number of carbonyl (C=O) groups is 2. The zero-order chi connectivity index (χ0) is 57.3. The lowest BCUT2D eigenvalue weighted by Gasteiger charge is -2.19. The molecule has 0 saturated heterocycles. The first kappa shape index (κ1) is 75.4. The average molecular weight is 1120 g/mol. The quantitative estimate of drug-likeness (QED) is 0.0264. The summed E-state index contributed by atoms with van der Waals surface area (Å²) >= 11 is 0. The topological polar surface area (TPSA) is 134 Å². The molecule has 0 fully saturated rings. The molecule has 9 nitrogen and oxygen atoms in total. The molecule has 0 saturated carbocycles. The second-order valence-electron chi connectivity index (χ2n) is 20.9. The molecule has 2 unspecified atom stereocenters. The number of ether oxygens (including phenoxy) is 2. The van der Waals surface area contributed by atoms with Gasteiger partial charge in [-0.05, 0) is 89.9 Å². The lowest BCUT2D eigenvalue weighted by molar-refractivity contribution is -0.161. The maximum absolute atomic E-state index is 12.7. The summed E-state index contributed by atoms with van der Waals surface area (Å²) in [6.07, 6.45) is 88.4. The van der Waals surface area contributed by atoms with Gasteiger partial charge in [0.2, 0.25) is 0 Å². The van der Waals surface area contributed by atoms with E-state index in [0.717, 1.165) is 109 Å². The Bertz CT molecular complexity index is 1710. The summed E-state index contributed by atoms with van der Waals surface area (Å²) in [6, 6.07) is 0. The molecule has 0 aromatic rings. The van der Waals surface area contributed by atoms with Crippen LogP contribution in [0.3, 0.4) is 0 Å². The number of rotatable bonds is 59. The van der Waals surface area contributed by atoms with Crippen LogP contribution in [-0.4, -0.2) is 49.3 Å². The molecule has 0 radical (unpaired) electrons. The maximum atomic E-state index is 12.7. The Morgan fingerprint density at radius 1 is 0.392 bits per heavy atom. The van der Waals surface area contributed by atoms with Crippen LogP contribution in [0.15, 0.2) is 122 Å². The smallest absolute Gasteiger partial charge is 0.462 e. The SMILES string of the molecule is CC/C=C\C/C=C\C/C=C\C/C=C\C/C=C\C/C=C\C/C=C\C/C=C\C/C=C\C/C=C\CCCCCCCCCCC(=O)OC(COC(=O)CCCCCCCCCCCCCCCCCCCCC)COP(=O)(O)OCCN. The molecular formula is C69H118NO8P. The molecule has 0 rings (SSSR count). The Hall–Kier alpha value is -3.59. The highest BCUT2D eigenvalue weighted by Crippen LogP contribution is 2.43. The summed E-state index contributed by atoms with van der Waals surface area (Å²) in [5, 5.41) is 0. The standard InChI is InChI=1S/C69H118NO8P/c1-3-5-7-9-11-13-15-17-19-21-23-24-25-26-27-28-29-30-31-32-33-34-35-36-37-38-39-40-41-42-44-46-48-50-52-54-56-58-60-62-69(72)78-67(66-77-79(73,74)76-64-63-70)65-75-68(71)61-59-57-55-53-51-49-47-45-43-22-20-18-16-14-12-10-8-6-4-2/h5,7,11,13,17,19,23-24,26-27,29-30,32-33,35-36,38-39,41-42,67H,3-4,6,8-10,12,14-16,18,20-22,25,28,31,34,37,40,43-66,70H2,1-2H3,(H,73,74)/b7-5-,13-11-,19-17-,24-23-,27-26-,30-29-,33-32-,36-35-,39-38-,42-41-. The van der Waals surface area contributed by atoms with Crippen molar-refractivity contribution in [3.63, 3.8) is 0 Å². The normalized spacial score (nSPS) is 13.8. The third-order valence-corrected chi connectivity index (χ3v) is 14.3. The number of nitrogens with two attached hydrogens (primary N) is 1. The lowest BCUT2D eigenvalue weighted by atomic mass is 10.0. The van der Waals surface area contributed by atoms with E-state index in [1.807, 2.05) is 0 Å². The van der Waals surface area contributed by atoms with Gasteiger partial charge in [0.25, 0.3) is 0 Å². The molecule has 0 amide bonds. The maximum Gasteiger partial charge on any atom is 0.472 e. The number of unbranched alkanes of at least 4 members (excludes halogenated alkanes) is 26. The summed E-state index contributed by atoms with van der Waals surface area (Å²) in [5.74, 6) is -0.834. The van der Waals surface area contributed by atoms with E-state index < -0.39 is 26.5 Å². The van der Waals surface area contributed by atoms with Gasteiger partial charge in [-0.3, -0.25) is 18.6 Å². The van der Waals surface area contributed by atoms with Gasteiger partial charge in [-0.25, -0.2) is 4.57 Å². The van der Waals surface area contributed by atoms with Crippen molar-refractivity contribution in [3.8, 4) is 0 Å². The Kier molecular flexibility index (Phi) is 60.7. The van der Waals surface area contributed by atoms with Crippen LogP contribution in [0.5, 0.6) is 0 Å². The van der Waals surface area contributed by atoms with Gasteiger partial charge in [0.1, 0.15) is 6.61 Å². The van der Waals surface area contributed by atoms with Gasteiger partial charge in [0.05, 0.1) is 13.2 Å². The summed E-state index contributed by atoms with van der Waals surface area (Å²) < 4.78 is 33.1. The molecule has 2 atom stereocenters. The zero-order valence-corrected chi connectivity index (χ0v) is 51.5. The third kappa shape index (κ3) is 63.5. The molecule has 0 aliphatic carbocycles. The van der Waals surface area contributed by atoms with Crippen LogP contribution >= 0.6 is 7.82 Å². The van der Waals surface area contributed by atoms with E-state index in [4.69, 9.17) is 24.3 Å². The van der Waals surface area contributed by atoms with Crippen molar-refractivity contribution in [2.75, 3.05) is 26.4 Å². The summed E-state index contributed by atoms with van der Waals surface area (Å²) in [5.41, 5.74) is 5.39. The minimum Gasteiger partial charge on any atom is -0.462 e. The Labute approximate surface area is 485 Å². The molecule has 0 spiro atoms. The monoisotopic (exact) mass is 1120 g/mol. The average Bonchev–Trinajstić information content (AvgIpc) is 3.44. The highest BCUT2D eigenvalue weighted by atomic mass is 31.2. The number of carbonyl (C=O) groups excluding carboxylic acids is 2. The van der Waals surface area contributed by atoms with E-state index in [1.54, 1.807) is 0 Å². The number of allylic oxidation sites excluding steroid dienone is 20. The van der Waals surface area contributed by atoms with Crippen molar-refractivity contribution in [1.82, 2.24) is 0 Å². The molecule has 0 aliphatic heterocycles. The predicted octanol–water partition coefficient (Wildman–Crippen LogP) is 20.7. The minimum atomic E-state index is -4.40. The van der Waals surface area contributed by atoms with Gasteiger partial charge >= 0.3 is 19.8 Å². The van der Waals surface area contributed by atoms with Gasteiger partial charge < -0.3 is 20.1 Å². The highest BCUT2D eigenvalue weighted by Gasteiger charge is 2.26. The number of hydrogen-bond acceptors (Lipinski definition) is 8. The van der Waals surface area contributed by atoms with Gasteiger partial charge in [-0.1, -0.05) is 289 Å². The fourth-order valence-electron chi connectivity index (χ4n) is 8.67. The van der Waals surface area contributed by atoms with E-state index in [-0.39, 0.29) is 38.6 Å². The van der Waals surface area contributed by atoms with E-state index in [0.29, 0.717) is 6.42 Å². The molecule has 3 N–H and O–H groups in total. The van der Waals surface area contributed by atoms with Crippen LogP contribution in [0.4, 0.5) is 0 Å². The number of hydrogen-bond donors (Lipinski definition) is 2. The van der Waals surface area contributed by atoms with Gasteiger partial charge in [0, 0.05) is 19.4 Å². The molecule has 452 valence electrons. The van der Waals surface area contributed by atoms with Crippen molar-refractivity contribution in [2.24, 2.45) is 5.73 Å². The molecule has 0 bridgehead atoms. The Morgan fingerprint density at radius 2 is 0.696 bits per heavy atom. The van der Waals surface area contributed by atoms with Crippen molar-refractivity contribution < 1.29 is 37.6 Å². The van der Waals surface area contributed by atoms with E-state index >= 15 is 0 Å². The van der Waals surface area contributed by atoms with Gasteiger partial charge in [-0.2, -0.15) is 0 Å². The van der Waals surface area contributed by atoms with Crippen LogP contribution in [0.2, 0.25) is 0 Å². The predicted molar refractivity (Wildman–Crippen MR) is 339 cm³/mol. The first-order valence-corrected chi connectivity index (χ1v) is 33.5. The Balaban J connectivity index is 3.98. The molecule has 0 aliphatic rings. The van der Waals surface area contributed by atoms with Crippen LogP contribution in [0.1, 0.15) is 271 Å². The first-order chi connectivity index (χ1) is 38.8. The van der Waals surface area contributed by atoms with Crippen molar-refractivity contribution in [2.45, 2.75) is 277 Å². The molecule has 0 aromatic carbocycles. The third-order valence-electron chi connectivity index (χ3n) is 13.4. The largest absolute Gasteiger partial charge is 0.472 e. The number of phosphoric acid groups is 1. The van der Waals surface area contributed by atoms with E-state index in [1.165, 1.54) is 128 Å². The van der Waals surface area contributed by atoms with E-state index in [2.05, 4.69) is 135 Å². The van der Waals surface area contributed by atoms with Crippen LogP contribution in [-0.2, 0) is 32.7 Å². The van der Waals surface area contributed by atoms with Crippen molar-refractivity contribution >= 4 is 19.8 Å². The molecule has 0 aromatic heterocycles. The molecule has 0 heterocycles. The van der Waals surface area contributed by atoms with Gasteiger partial charge in [0.15, 0.2) is 6.10 Å². The molecule has 79 heavy (non-hydrogen) atoms. The van der Waals surface area contributed by atoms with Crippen LogP contribution < -0.4 is 5.73 Å². The Morgan fingerprint density at radius 3 is 1.04 bits per heavy atom. The zero-order valence-electron chi connectivity index (χ0n) is 50.6. The van der Waals surface area contributed by atoms with Crippen molar-refractivity contribution in [3.05, 3.63) is 122 Å². The summed E-state index contributed by atoms with van der Waals surface area (Å²) in [4.78, 5) is 35.2. The summed E-state index contributed by atoms with van der Waals surface area (Å²) in [7, 11) is -4.40. The fraction of sp³-hybridized carbons (Fsp3) is 0.681. The number of esters is 2. The van der Waals surface area contributed by atoms with Crippen molar-refractivity contribution in [1.29, 1.82) is 0 Å². The van der Waals surface area contributed by atoms with Crippen LogP contribution in [0.25, 0.3) is 0 Å². The van der Waals surface area contributed by atoms with Crippen LogP contribution in [0, 0.1) is 0 Å². The fourth-order valence-corrected chi connectivity index (χ4v) is 9.43. The number of phosphoric ester groups is 1. The molecular weight excluding hydrogens is 1000 g/mol. The summed E-state index contributed by atoms with van der Waals surface area (Å²) in [6.45, 7) is 3.64. The second-order valence-corrected chi connectivity index (χ2v) is 22.4.